The number of alkyl halides is 3. The maximum Gasteiger partial charge on any atom is 0.416 e. The summed E-state index contributed by atoms with van der Waals surface area (Å²) >= 11 is 6.11. The van der Waals surface area contributed by atoms with Crippen LogP contribution >= 0.6 is 11.6 Å². The minimum Gasteiger partial charge on any atom is -0.371 e. The van der Waals surface area contributed by atoms with Gasteiger partial charge in [-0.05, 0) is 99.5 Å². The Morgan fingerprint density at radius 1 is 0.981 bits per heavy atom. The van der Waals surface area contributed by atoms with Crippen molar-refractivity contribution in [2.24, 2.45) is 5.92 Å². The Kier molecular flexibility index (Phi) is 8.83. The van der Waals surface area contributed by atoms with Gasteiger partial charge in [0.15, 0.2) is 0 Å². The smallest absolute Gasteiger partial charge is 0.371 e. The van der Waals surface area contributed by atoms with Crippen molar-refractivity contribution in [2.45, 2.75) is 68.6 Å². The second-order valence-corrected chi connectivity index (χ2v) is 15.2. The highest BCUT2D eigenvalue weighted by atomic mass is 35.5. The maximum atomic E-state index is 13.5. The van der Waals surface area contributed by atoms with Crippen LogP contribution in [0.1, 0.15) is 82.7 Å². The Morgan fingerprint density at radius 3 is 2.38 bits per heavy atom. The number of fused-ring (bicyclic) bond motifs is 1. The van der Waals surface area contributed by atoms with Gasteiger partial charge in [-0.15, -0.1) is 0 Å². The van der Waals surface area contributed by atoms with Crippen LogP contribution in [-0.4, -0.2) is 87.9 Å². The molecule has 1 saturated carbocycles. The summed E-state index contributed by atoms with van der Waals surface area (Å²) in [4.78, 5) is 69.3. The number of anilines is 2. The van der Waals surface area contributed by atoms with E-state index in [2.05, 4.69) is 25.5 Å². The summed E-state index contributed by atoms with van der Waals surface area (Å²) in [5.41, 5.74) is 0.779. The topological polar surface area (TPSA) is 137 Å². The molecule has 0 bridgehead atoms. The Labute approximate surface area is 307 Å². The monoisotopic (exact) mass is 751 g/mol. The van der Waals surface area contributed by atoms with Crippen molar-refractivity contribution >= 4 is 52.5 Å². The van der Waals surface area contributed by atoms with Gasteiger partial charge in [-0.25, -0.2) is 0 Å². The zero-order valence-corrected chi connectivity index (χ0v) is 29.4. The summed E-state index contributed by atoms with van der Waals surface area (Å²) in [6, 6.07) is 7.10. The third-order valence-corrected chi connectivity index (χ3v) is 11.8. The number of benzene rings is 2. The molecule has 8 rings (SSSR count). The highest BCUT2D eigenvalue weighted by Gasteiger charge is 2.48. The summed E-state index contributed by atoms with van der Waals surface area (Å²) in [6.07, 6.45) is 3.25. The molecule has 5 aliphatic rings. The number of rotatable bonds is 8. The molecule has 1 aromatic heterocycles. The lowest BCUT2D eigenvalue weighted by Crippen LogP contribution is -2.54. The number of hydrogen-bond donors (Lipinski definition) is 2. The zero-order valence-electron chi connectivity index (χ0n) is 28.6. The number of imide groups is 2. The first-order valence-corrected chi connectivity index (χ1v) is 18.2. The molecular weight excluding hydrogens is 715 g/mol. The van der Waals surface area contributed by atoms with Crippen molar-refractivity contribution in [1.29, 1.82) is 0 Å². The van der Waals surface area contributed by atoms with Crippen LogP contribution in [0, 0.1) is 5.92 Å². The highest BCUT2D eigenvalue weighted by Crippen LogP contribution is 2.42. The fourth-order valence-corrected chi connectivity index (χ4v) is 8.48. The lowest BCUT2D eigenvalue weighted by Gasteiger charge is -2.44. The summed E-state index contributed by atoms with van der Waals surface area (Å²) in [7, 11) is 0. The van der Waals surface area contributed by atoms with Crippen molar-refractivity contribution in [3.05, 3.63) is 76.1 Å². The van der Waals surface area contributed by atoms with E-state index < -0.39 is 46.9 Å². The molecule has 2 N–H and O–H groups in total. The van der Waals surface area contributed by atoms with Crippen LogP contribution in [0.2, 0.25) is 5.02 Å². The minimum atomic E-state index is -4.54. The Balaban J connectivity index is 0.829. The number of halogens is 4. The van der Waals surface area contributed by atoms with Crippen LogP contribution in [0.4, 0.5) is 24.5 Å². The predicted molar refractivity (Wildman–Crippen MR) is 186 cm³/mol. The van der Waals surface area contributed by atoms with Gasteiger partial charge >= 0.3 is 6.18 Å². The molecule has 53 heavy (non-hydrogen) atoms. The van der Waals surface area contributed by atoms with E-state index in [1.165, 1.54) is 6.07 Å². The second kappa shape index (κ2) is 13.3. The molecule has 1 atom stereocenters. The second-order valence-electron chi connectivity index (χ2n) is 14.8. The molecule has 3 aromatic rings. The number of likely N-dealkylation sites (tertiary alicyclic amines) is 1. The first-order valence-electron chi connectivity index (χ1n) is 17.9. The first-order chi connectivity index (χ1) is 25.3. The number of amides is 5. The number of piperidine rings is 2. The van der Waals surface area contributed by atoms with E-state index in [1.807, 2.05) is 18.5 Å². The van der Waals surface area contributed by atoms with Gasteiger partial charge in [-0.3, -0.25) is 38.9 Å². The quantitative estimate of drug-likeness (QED) is 0.314. The third-order valence-electron chi connectivity index (χ3n) is 11.5. The van der Waals surface area contributed by atoms with E-state index in [4.69, 9.17) is 11.6 Å². The van der Waals surface area contributed by atoms with Crippen LogP contribution in [0.3, 0.4) is 0 Å². The number of nitrogens with zero attached hydrogens (tertiary/aromatic N) is 5. The molecular formula is C37H37ClF3N7O5. The Bertz CT molecular complexity index is 2020. The molecule has 0 spiro atoms. The van der Waals surface area contributed by atoms with Crippen molar-refractivity contribution in [2.75, 3.05) is 42.9 Å². The average Bonchev–Trinajstić information content (AvgIpc) is 3.66. The standard InChI is InChI=1S/C37H37ClF3N7O5/c38-28-14-24(37(39,40)41)2-5-29(28)43-35(53)36(10-1-11-36)47-20-23(16-42-47)22-8-12-45(13-9-22)17-21-18-46(19-21)25-3-4-26-27(15-25)34(52)48(33(26)51)30-6-7-31(49)44-32(30)50/h2-5,14-16,20-22,30H,1,6-13,17-19H2,(H,43,53)(H,44,49,50). The van der Waals surface area contributed by atoms with Crippen LogP contribution in [0.25, 0.3) is 0 Å². The molecule has 12 nitrogen and oxygen atoms in total. The zero-order chi connectivity index (χ0) is 37.2. The fourth-order valence-electron chi connectivity index (χ4n) is 8.25. The molecule has 0 radical (unpaired) electrons. The number of nitrogens with one attached hydrogen (secondary N) is 2. The number of carbonyl (C=O) groups excluding carboxylic acids is 5. The van der Waals surface area contributed by atoms with Gasteiger partial charge in [0, 0.05) is 43.9 Å². The van der Waals surface area contributed by atoms with E-state index in [-0.39, 0.29) is 46.5 Å². The van der Waals surface area contributed by atoms with E-state index in [9.17, 15) is 37.1 Å². The lowest BCUT2D eigenvalue weighted by molar-refractivity contribution is -0.138. The lowest BCUT2D eigenvalue weighted by atomic mass is 9.76. The third kappa shape index (κ3) is 6.37. The summed E-state index contributed by atoms with van der Waals surface area (Å²) in [6.45, 7) is 4.38. The molecule has 4 fully saturated rings. The SMILES string of the molecule is O=C1CCC(N2C(=O)c3ccc(N4CC(CN5CCC(c6cnn(C7(C(=O)Nc8ccc(C(F)(F)F)cc8Cl)CCC7)c6)CC5)C4)cc3C2=O)C(=O)N1. The van der Waals surface area contributed by atoms with Gasteiger partial charge in [0.25, 0.3) is 17.7 Å². The van der Waals surface area contributed by atoms with Crippen LogP contribution in [0.5, 0.6) is 0 Å². The molecule has 278 valence electrons. The minimum absolute atomic E-state index is 0.0725. The Morgan fingerprint density at radius 2 is 1.72 bits per heavy atom. The van der Waals surface area contributed by atoms with E-state index in [0.717, 1.165) is 80.3 Å². The molecule has 2 aromatic carbocycles. The molecule has 1 unspecified atom stereocenters. The summed E-state index contributed by atoms with van der Waals surface area (Å²) < 4.78 is 41.0. The maximum absolute atomic E-state index is 13.5. The molecule has 16 heteroatoms. The normalized spacial score (nSPS) is 22.4. The van der Waals surface area contributed by atoms with Crippen molar-refractivity contribution in [3.8, 4) is 0 Å². The molecule has 5 amide bonds. The molecule has 1 aliphatic carbocycles. The van der Waals surface area contributed by atoms with Gasteiger partial charge in [-0.1, -0.05) is 11.6 Å². The first kappa shape index (κ1) is 35.3. The van der Waals surface area contributed by atoms with Gasteiger partial charge < -0.3 is 15.1 Å². The van der Waals surface area contributed by atoms with Crippen molar-refractivity contribution in [3.63, 3.8) is 0 Å². The van der Waals surface area contributed by atoms with E-state index in [0.29, 0.717) is 18.8 Å². The van der Waals surface area contributed by atoms with E-state index in [1.54, 1.807) is 16.8 Å². The predicted octanol–water partition coefficient (Wildman–Crippen LogP) is 4.79. The summed E-state index contributed by atoms with van der Waals surface area (Å²) in [5.74, 6) is -1.69. The van der Waals surface area contributed by atoms with Gasteiger partial charge in [-0.2, -0.15) is 18.3 Å². The van der Waals surface area contributed by atoms with Gasteiger partial charge in [0.05, 0.1) is 33.6 Å². The molecule has 4 aliphatic heterocycles. The van der Waals surface area contributed by atoms with Crippen molar-refractivity contribution < 1.29 is 37.1 Å². The molecule has 3 saturated heterocycles. The number of carbonyl (C=O) groups is 5. The largest absolute Gasteiger partial charge is 0.416 e. The van der Waals surface area contributed by atoms with E-state index >= 15 is 0 Å². The van der Waals surface area contributed by atoms with Crippen molar-refractivity contribution in [1.82, 2.24) is 24.9 Å². The van der Waals surface area contributed by atoms with Gasteiger partial charge in [0.1, 0.15) is 11.6 Å². The van der Waals surface area contributed by atoms with Gasteiger partial charge in [0.2, 0.25) is 11.8 Å². The summed E-state index contributed by atoms with van der Waals surface area (Å²) in [5, 5.41) is 9.37. The number of hydrogen-bond acceptors (Lipinski definition) is 8. The molecule has 5 heterocycles. The number of aromatic nitrogens is 2. The Hall–Kier alpha value is -4.76. The van der Waals surface area contributed by atoms with Crippen LogP contribution in [0.15, 0.2) is 48.8 Å². The fraction of sp³-hybridized carbons (Fsp3) is 0.459. The van der Waals surface area contributed by atoms with Crippen LogP contribution in [-0.2, 0) is 26.1 Å². The average molecular weight is 752 g/mol. The highest BCUT2D eigenvalue weighted by molar-refractivity contribution is 6.33. The van der Waals surface area contributed by atoms with Crippen LogP contribution < -0.4 is 15.5 Å².